The van der Waals surface area contributed by atoms with Gasteiger partial charge in [-0.3, -0.25) is 0 Å². The van der Waals surface area contributed by atoms with Gasteiger partial charge >= 0.3 is 6.09 Å². The smallest absolute Gasteiger partial charge is 0.410 e. The summed E-state index contributed by atoms with van der Waals surface area (Å²) in [4.78, 5) is 14.4. The molecule has 23 heavy (non-hydrogen) atoms. The molecule has 4 nitrogen and oxygen atoms in total. The number of likely N-dealkylation sites (tertiary alicyclic amines) is 1. The van der Waals surface area contributed by atoms with Crippen LogP contribution in [0.4, 0.5) is 4.79 Å². The van der Waals surface area contributed by atoms with Gasteiger partial charge in [0.25, 0.3) is 0 Å². The van der Waals surface area contributed by atoms with E-state index in [1.165, 1.54) is 44.9 Å². The Morgan fingerprint density at radius 2 is 1.61 bits per heavy atom. The van der Waals surface area contributed by atoms with Crippen LogP contribution >= 0.6 is 0 Å². The normalized spacial score (nSPS) is 28.1. The Balaban J connectivity index is 1.90. The van der Waals surface area contributed by atoms with Crippen molar-refractivity contribution in [3.8, 4) is 0 Å². The summed E-state index contributed by atoms with van der Waals surface area (Å²) in [5, 5.41) is 3.87. The van der Waals surface area contributed by atoms with E-state index in [1.807, 2.05) is 25.7 Å². The molecule has 2 atom stereocenters. The van der Waals surface area contributed by atoms with Crippen molar-refractivity contribution in [2.45, 2.75) is 109 Å². The SMILES string of the molecule is CC1C(NC2CCCCCCC2)CCCN1C(=O)OC(C)(C)C. The third-order valence-corrected chi connectivity index (χ3v) is 5.17. The van der Waals surface area contributed by atoms with Gasteiger partial charge in [-0.05, 0) is 53.4 Å². The van der Waals surface area contributed by atoms with Crippen molar-refractivity contribution in [2.75, 3.05) is 6.54 Å². The molecule has 0 aromatic heterocycles. The predicted octanol–water partition coefficient (Wildman–Crippen LogP) is 4.48. The van der Waals surface area contributed by atoms with Crippen LogP contribution in [0.3, 0.4) is 0 Å². The molecule has 0 aromatic rings. The van der Waals surface area contributed by atoms with E-state index in [0.717, 1.165) is 19.4 Å². The van der Waals surface area contributed by atoms with Gasteiger partial charge in [0.1, 0.15) is 5.60 Å². The monoisotopic (exact) mass is 324 g/mol. The summed E-state index contributed by atoms with van der Waals surface area (Å²) >= 11 is 0. The minimum Gasteiger partial charge on any atom is -0.444 e. The molecule has 0 bridgehead atoms. The van der Waals surface area contributed by atoms with Gasteiger partial charge in [0.2, 0.25) is 0 Å². The highest BCUT2D eigenvalue weighted by Gasteiger charge is 2.34. The Labute approximate surface area is 142 Å². The number of nitrogens with zero attached hydrogens (tertiary/aromatic N) is 1. The van der Waals surface area contributed by atoms with Gasteiger partial charge in [0, 0.05) is 24.7 Å². The number of carbonyl (C=O) groups is 1. The van der Waals surface area contributed by atoms with E-state index in [4.69, 9.17) is 4.74 Å². The Kier molecular flexibility index (Phi) is 6.75. The highest BCUT2D eigenvalue weighted by molar-refractivity contribution is 5.68. The molecule has 2 aliphatic rings. The number of carbonyl (C=O) groups excluding carboxylic acids is 1. The Morgan fingerprint density at radius 3 is 2.22 bits per heavy atom. The summed E-state index contributed by atoms with van der Waals surface area (Å²) in [6.45, 7) is 8.79. The molecule has 1 aliphatic carbocycles. The fourth-order valence-corrected chi connectivity index (χ4v) is 3.87. The Morgan fingerprint density at radius 1 is 1.00 bits per heavy atom. The molecule has 2 fully saturated rings. The maximum absolute atomic E-state index is 12.4. The zero-order valence-corrected chi connectivity index (χ0v) is 15.6. The average molecular weight is 325 g/mol. The lowest BCUT2D eigenvalue weighted by atomic mass is 9.92. The molecular formula is C19H36N2O2. The summed E-state index contributed by atoms with van der Waals surface area (Å²) < 4.78 is 5.58. The molecular weight excluding hydrogens is 288 g/mol. The first-order chi connectivity index (χ1) is 10.9. The van der Waals surface area contributed by atoms with E-state index in [9.17, 15) is 4.79 Å². The second kappa shape index (κ2) is 8.36. The number of hydrogen-bond acceptors (Lipinski definition) is 3. The van der Waals surface area contributed by atoms with Crippen LogP contribution in [0.1, 0.15) is 85.5 Å². The van der Waals surface area contributed by atoms with Crippen LogP contribution in [0.15, 0.2) is 0 Å². The van der Waals surface area contributed by atoms with Crippen molar-refractivity contribution in [1.82, 2.24) is 10.2 Å². The fraction of sp³-hybridized carbons (Fsp3) is 0.947. The van der Waals surface area contributed by atoms with Crippen molar-refractivity contribution < 1.29 is 9.53 Å². The second-order valence-corrected chi connectivity index (χ2v) is 8.37. The minimum absolute atomic E-state index is 0.158. The van der Waals surface area contributed by atoms with E-state index in [-0.39, 0.29) is 12.1 Å². The zero-order chi connectivity index (χ0) is 16.9. The van der Waals surface area contributed by atoms with Crippen LogP contribution in [-0.4, -0.2) is 41.3 Å². The van der Waals surface area contributed by atoms with Crippen molar-refractivity contribution >= 4 is 6.09 Å². The van der Waals surface area contributed by atoms with Crippen LogP contribution < -0.4 is 5.32 Å². The number of amides is 1. The minimum atomic E-state index is -0.420. The highest BCUT2D eigenvalue weighted by atomic mass is 16.6. The molecule has 0 radical (unpaired) electrons. The zero-order valence-electron chi connectivity index (χ0n) is 15.6. The standard InChI is InChI=1S/C19H36N2O2/c1-15-17(20-16-11-8-6-5-7-9-12-16)13-10-14-21(15)18(22)23-19(2,3)4/h15-17,20H,5-14H2,1-4H3. The summed E-state index contributed by atoms with van der Waals surface area (Å²) in [7, 11) is 0. The molecule has 1 N–H and O–H groups in total. The lowest BCUT2D eigenvalue weighted by Gasteiger charge is -2.41. The van der Waals surface area contributed by atoms with E-state index in [2.05, 4.69) is 12.2 Å². The van der Waals surface area contributed by atoms with Crippen LogP contribution in [-0.2, 0) is 4.74 Å². The van der Waals surface area contributed by atoms with Crippen molar-refractivity contribution in [3.63, 3.8) is 0 Å². The molecule has 2 rings (SSSR count). The quantitative estimate of drug-likeness (QED) is 0.814. The summed E-state index contributed by atoms with van der Waals surface area (Å²) in [5.41, 5.74) is -0.420. The van der Waals surface area contributed by atoms with E-state index in [1.54, 1.807) is 0 Å². The van der Waals surface area contributed by atoms with Gasteiger partial charge in [-0.15, -0.1) is 0 Å². The first kappa shape index (κ1) is 18.6. The molecule has 4 heteroatoms. The van der Waals surface area contributed by atoms with Gasteiger partial charge in [-0.25, -0.2) is 4.79 Å². The molecule has 0 spiro atoms. The molecule has 2 unspecified atom stereocenters. The summed E-state index contributed by atoms with van der Waals surface area (Å²) in [6, 6.07) is 1.24. The fourth-order valence-electron chi connectivity index (χ4n) is 3.87. The molecule has 1 amide bonds. The lowest BCUT2D eigenvalue weighted by molar-refractivity contribution is 0.00609. The maximum atomic E-state index is 12.4. The molecule has 1 heterocycles. The average Bonchev–Trinajstić information content (AvgIpc) is 2.41. The van der Waals surface area contributed by atoms with Crippen molar-refractivity contribution in [1.29, 1.82) is 0 Å². The van der Waals surface area contributed by atoms with Gasteiger partial charge in [0.15, 0.2) is 0 Å². The molecule has 1 aliphatic heterocycles. The van der Waals surface area contributed by atoms with Crippen molar-refractivity contribution in [3.05, 3.63) is 0 Å². The van der Waals surface area contributed by atoms with Crippen LogP contribution in [0.25, 0.3) is 0 Å². The third-order valence-electron chi connectivity index (χ3n) is 5.17. The molecule has 0 aromatic carbocycles. The summed E-state index contributed by atoms with van der Waals surface area (Å²) in [6.07, 6.45) is 11.5. The number of ether oxygens (including phenoxy) is 1. The van der Waals surface area contributed by atoms with E-state index >= 15 is 0 Å². The summed E-state index contributed by atoms with van der Waals surface area (Å²) in [5.74, 6) is 0. The lowest BCUT2D eigenvalue weighted by Crippen LogP contribution is -2.57. The number of piperidine rings is 1. The number of rotatable bonds is 2. The third kappa shape index (κ3) is 5.98. The van der Waals surface area contributed by atoms with Crippen molar-refractivity contribution in [2.24, 2.45) is 0 Å². The van der Waals surface area contributed by atoms with Gasteiger partial charge in [0.05, 0.1) is 0 Å². The predicted molar refractivity (Wildman–Crippen MR) is 94.7 cm³/mol. The van der Waals surface area contributed by atoms with Gasteiger partial charge in [-0.2, -0.15) is 0 Å². The van der Waals surface area contributed by atoms with Crippen LogP contribution in [0.2, 0.25) is 0 Å². The first-order valence-electron chi connectivity index (χ1n) is 9.62. The van der Waals surface area contributed by atoms with E-state index in [0.29, 0.717) is 12.1 Å². The first-order valence-corrected chi connectivity index (χ1v) is 9.62. The molecule has 1 saturated carbocycles. The van der Waals surface area contributed by atoms with Crippen LogP contribution in [0, 0.1) is 0 Å². The molecule has 134 valence electrons. The maximum Gasteiger partial charge on any atom is 0.410 e. The van der Waals surface area contributed by atoms with Crippen LogP contribution in [0.5, 0.6) is 0 Å². The molecule has 1 saturated heterocycles. The number of nitrogens with one attached hydrogen (secondary N) is 1. The highest BCUT2D eigenvalue weighted by Crippen LogP contribution is 2.23. The van der Waals surface area contributed by atoms with Gasteiger partial charge < -0.3 is 15.0 Å². The Hall–Kier alpha value is -0.770. The topological polar surface area (TPSA) is 41.6 Å². The van der Waals surface area contributed by atoms with Gasteiger partial charge in [-0.1, -0.05) is 32.1 Å². The second-order valence-electron chi connectivity index (χ2n) is 8.37. The number of hydrogen-bond donors (Lipinski definition) is 1. The largest absolute Gasteiger partial charge is 0.444 e. The Bertz CT molecular complexity index is 370. The van der Waals surface area contributed by atoms with E-state index < -0.39 is 5.60 Å².